The summed E-state index contributed by atoms with van der Waals surface area (Å²) in [6.45, 7) is -1.90. The fourth-order valence-electron chi connectivity index (χ4n) is 1.44. The topological polar surface area (TPSA) is 91.0 Å². The summed E-state index contributed by atoms with van der Waals surface area (Å²) in [5.41, 5.74) is -1.81. The molecule has 0 aliphatic heterocycles. The van der Waals surface area contributed by atoms with Crippen molar-refractivity contribution in [3.63, 3.8) is 0 Å². The van der Waals surface area contributed by atoms with Crippen LogP contribution in [-0.2, 0) is 9.53 Å². The molecule has 1 aromatic rings. The van der Waals surface area contributed by atoms with Crippen LogP contribution in [0.1, 0.15) is 17.3 Å². The fourth-order valence-corrected chi connectivity index (χ4v) is 1.44. The summed E-state index contributed by atoms with van der Waals surface area (Å²) < 4.78 is 46.8. The van der Waals surface area contributed by atoms with Gasteiger partial charge in [-0.3, -0.25) is 4.79 Å². The molecule has 0 aliphatic carbocycles. The van der Waals surface area contributed by atoms with E-state index in [9.17, 15) is 22.8 Å². The lowest BCUT2D eigenvalue weighted by Crippen LogP contribution is -2.29. The Hall–Kier alpha value is -2.58. The van der Waals surface area contributed by atoms with Gasteiger partial charge in [0.2, 0.25) is 11.5 Å². The van der Waals surface area contributed by atoms with Crippen molar-refractivity contribution in [2.45, 2.75) is 13.5 Å². The molecule has 6 nitrogen and oxygen atoms in total. The Morgan fingerprint density at radius 2 is 2.05 bits per heavy atom. The van der Waals surface area contributed by atoms with Crippen molar-refractivity contribution < 1.29 is 32.2 Å². The van der Waals surface area contributed by atoms with E-state index in [1.807, 2.05) is 0 Å². The first-order valence-corrected chi connectivity index (χ1v) is 5.65. The van der Waals surface area contributed by atoms with Crippen LogP contribution in [-0.4, -0.2) is 30.7 Å². The maximum Gasteiger partial charge on any atom is 0.387 e. The molecule has 0 aliphatic rings. The molecular weight excluding hydrogens is 293 g/mol. The number of hydrogen-bond donors (Lipinski definition) is 1. The summed E-state index contributed by atoms with van der Waals surface area (Å²) in [4.78, 5) is 23.5. The second kappa shape index (κ2) is 7.27. The van der Waals surface area contributed by atoms with Crippen molar-refractivity contribution in [1.82, 2.24) is 0 Å². The molecule has 1 rings (SSSR count). The Labute approximate surface area is 117 Å². The molecule has 2 N–H and O–H groups in total. The van der Waals surface area contributed by atoms with Gasteiger partial charge in [0.05, 0.1) is 6.61 Å². The van der Waals surface area contributed by atoms with Crippen LogP contribution in [0, 0.1) is 5.82 Å². The van der Waals surface area contributed by atoms with Crippen molar-refractivity contribution >= 4 is 17.5 Å². The Bertz CT molecular complexity index is 576. The molecule has 0 amide bonds. The monoisotopic (exact) mass is 304 g/mol. The number of carbonyl (C=O) groups excluding carboxylic acids is 2. The van der Waals surface area contributed by atoms with Crippen LogP contribution < -0.4 is 10.6 Å². The number of rotatable bonds is 6. The number of nitrogens with two attached hydrogens (primary N) is 1. The van der Waals surface area contributed by atoms with Gasteiger partial charge in [0.15, 0.2) is 0 Å². The molecule has 21 heavy (non-hydrogen) atoms. The van der Waals surface area contributed by atoms with Gasteiger partial charge in [-0.25, -0.2) is 9.18 Å². The second-order valence-electron chi connectivity index (χ2n) is 3.52. The van der Waals surface area contributed by atoms with E-state index in [0.717, 1.165) is 18.2 Å². The molecule has 0 bridgehead atoms. The predicted octanol–water partition coefficient (Wildman–Crippen LogP) is 1.49. The van der Waals surface area contributed by atoms with E-state index in [1.165, 1.54) is 6.92 Å². The first-order valence-electron chi connectivity index (χ1n) is 5.65. The van der Waals surface area contributed by atoms with Crippen LogP contribution in [0.5, 0.6) is 5.75 Å². The first-order chi connectivity index (χ1) is 9.92. The van der Waals surface area contributed by atoms with Gasteiger partial charge in [0, 0.05) is 0 Å². The zero-order valence-electron chi connectivity index (χ0n) is 10.8. The van der Waals surface area contributed by atoms with E-state index in [4.69, 9.17) is 5.84 Å². The van der Waals surface area contributed by atoms with E-state index in [2.05, 4.69) is 14.6 Å². The van der Waals surface area contributed by atoms with Gasteiger partial charge < -0.3 is 15.3 Å². The van der Waals surface area contributed by atoms with Crippen LogP contribution in [0.4, 0.5) is 13.2 Å². The number of hydrogen-bond acceptors (Lipinski definition) is 6. The van der Waals surface area contributed by atoms with Crippen molar-refractivity contribution in [3.8, 4) is 5.75 Å². The minimum absolute atomic E-state index is 0.0806. The third kappa shape index (κ3) is 3.94. The Morgan fingerprint density at radius 1 is 1.38 bits per heavy atom. The third-order valence-corrected chi connectivity index (χ3v) is 2.23. The molecule has 9 heteroatoms. The lowest BCUT2D eigenvalue weighted by molar-refractivity contribution is -0.134. The van der Waals surface area contributed by atoms with E-state index < -0.39 is 41.2 Å². The second-order valence-corrected chi connectivity index (χ2v) is 3.52. The van der Waals surface area contributed by atoms with Crippen LogP contribution in [0.2, 0.25) is 0 Å². The highest BCUT2D eigenvalue weighted by atomic mass is 19.3. The lowest BCUT2D eigenvalue weighted by Gasteiger charge is -2.11. The molecule has 114 valence electrons. The standard InChI is InChI=1S/C12H11F3N2O4/c1-2-20-11(19)9(17-16)10(18)8-6(13)4-3-5-7(8)21-12(14)15/h3-5,12H,2,16H2,1H3. The molecule has 0 aromatic heterocycles. The summed E-state index contributed by atoms with van der Waals surface area (Å²) in [7, 11) is 0. The average molecular weight is 304 g/mol. The fraction of sp³-hybridized carbons (Fsp3) is 0.250. The van der Waals surface area contributed by atoms with Crippen molar-refractivity contribution in [2.24, 2.45) is 10.9 Å². The number of halogens is 3. The Kier molecular flexibility index (Phi) is 5.70. The molecule has 0 spiro atoms. The van der Waals surface area contributed by atoms with Crippen molar-refractivity contribution in [3.05, 3.63) is 29.6 Å². The highest BCUT2D eigenvalue weighted by Gasteiger charge is 2.29. The van der Waals surface area contributed by atoms with Gasteiger partial charge in [0.1, 0.15) is 17.1 Å². The minimum atomic E-state index is -3.28. The van der Waals surface area contributed by atoms with Crippen LogP contribution in [0.15, 0.2) is 23.3 Å². The van der Waals surface area contributed by atoms with Gasteiger partial charge >= 0.3 is 12.6 Å². The number of esters is 1. The molecule has 1 aromatic carbocycles. The van der Waals surface area contributed by atoms with E-state index >= 15 is 0 Å². The van der Waals surface area contributed by atoms with Crippen LogP contribution in [0.25, 0.3) is 0 Å². The number of alkyl halides is 2. The molecular formula is C12H11F3N2O4. The quantitative estimate of drug-likeness (QED) is 0.215. The average Bonchev–Trinajstić information content (AvgIpc) is 2.39. The highest BCUT2D eigenvalue weighted by Crippen LogP contribution is 2.24. The zero-order valence-corrected chi connectivity index (χ0v) is 10.8. The maximum atomic E-state index is 13.7. The summed E-state index contributed by atoms with van der Waals surface area (Å²) in [6, 6.07) is 2.85. The largest absolute Gasteiger partial charge is 0.461 e. The Morgan fingerprint density at radius 3 is 2.57 bits per heavy atom. The summed E-state index contributed by atoms with van der Waals surface area (Å²) in [5, 5.41) is 2.93. The van der Waals surface area contributed by atoms with Gasteiger partial charge in [-0.1, -0.05) is 6.07 Å². The first kappa shape index (κ1) is 16.5. The van der Waals surface area contributed by atoms with Gasteiger partial charge in [-0.15, -0.1) is 0 Å². The summed E-state index contributed by atoms with van der Waals surface area (Å²) in [6.07, 6.45) is 0. The third-order valence-electron chi connectivity index (χ3n) is 2.23. The number of Topliss-reactive ketones (excluding diaryl/α,β-unsaturated/α-hetero) is 1. The lowest BCUT2D eigenvalue weighted by atomic mass is 10.0. The number of ketones is 1. The highest BCUT2D eigenvalue weighted by molar-refractivity contribution is 6.67. The number of carbonyl (C=O) groups is 2. The minimum Gasteiger partial charge on any atom is -0.461 e. The van der Waals surface area contributed by atoms with Crippen LogP contribution in [0.3, 0.4) is 0 Å². The smallest absolute Gasteiger partial charge is 0.387 e. The van der Waals surface area contributed by atoms with E-state index in [-0.39, 0.29) is 6.61 Å². The van der Waals surface area contributed by atoms with Crippen LogP contribution >= 0.6 is 0 Å². The molecule has 0 atom stereocenters. The molecule has 0 heterocycles. The molecule has 0 radical (unpaired) electrons. The molecule has 0 saturated carbocycles. The van der Waals surface area contributed by atoms with E-state index in [0.29, 0.717) is 0 Å². The van der Waals surface area contributed by atoms with Crippen molar-refractivity contribution in [2.75, 3.05) is 6.61 Å². The number of benzene rings is 1. The SMILES string of the molecule is CCOC(=O)C(=NN)C(=O)c1c(F)cccc1OC(F)F. The normalized spacial score (nSPS) is 11.4. The molecule has 0 saturated heterocycles. The number of ether oxygens (including phenoxy) is 2. The van der Waals surface area contributed by atoms with Gasteiger partial charge in [-0.05, 0) is 19.1 Å². The number of hydrazone groups is 1. The zero-order chi connectivity index (χ0) is 16.0. The predicted molar refractivity (Wildman–Crippen MR) is 65.6 cm³/mol. The number of nitrogens with zero attached hydrogens (tertiary/aromatic N) is 1. The summed E-state index contributed by atoms with van der Waals surface area (Å²) in [5.74, 6) is 0.486. The van der Waals surface area contributed by atoms with E-state index in [1.54, 1.807) is 0 Å². The van der Waals surface area contributed by atoms with Gasteiger partial charge in [0.25, 0.3) is 0 Å². The summed E-state index contributed by atoms with van der Waals surface area (Å²) >= 11 is 0. The molecule has 0 fully saturated rings. The van der Waals surface area contributed by atoms with Crippen molar-refractivity contribution in [1.29, 1.82) is 0 Å². The Balaban J connectivity index is 3.25. The van der Waals surface area contributed by atoms with Gasteiger partial charge in [-0.2, -0.15) is 13.9 Å². The molecule has 0 unspecified atom stereocenters. The maximum absolute atomic E-state index is 13.7.